The number of carbonyl (C=O) groups is 2. The molecule has 132 valence electrons. The lowest BCUT2D eigenvalue weighted by Crippen LogP contribution is -2.61. The van der Waals surface area contributed by atoms with E-state index >= 15 is 0 Å². The summed E-state index contributed by atoms with van der Waals surface area (Å²) >= 11 is 0. The monoisotopic (exact) mass is 323 g/mol. The standard InChI is InChI=1S/C18H33N3O2/c1-6-13(4)16-17(23)21(14(5)7-2)18(19-16)9-11-20(12-10-18)15(22)8-3/h13-14,16,19H,6-12H2,1-5H3/t13-,14+,16+/m1/s1. The van der Waals surface area contributed by atoms with Gasteiger partial charge in [0.1, 0.15) is 0 Å². The molecule has 0 aromatic rings. The van der Waals surface area contributed by atoms with Gasteiger partial charge in [0, 0.05) is 38.4 Å². The van der Waals surface area contributed by atoms with E-state index in [0.717, 1.165) is 38.8 Å². The minimum Gasteiger partial charge on any atom is -0.342 e. The van der Waals surface area contributed by atoms with Crippen LogP contribution in [0, 0.1) is 5.92 Å². The molecule has 3 atom stereocenters. The molecule has 23 heavy (non-hydrogen) atoms. The van der Waals surface area contributed by atoms with E-state index in [9.17, 15) is 9.59 Å². The summed E-state index contributed by atoms with van der Waals surface area (Å²) in [7, 11) is 0. The molecule has 0 aromatic carbocycles. The minimum atomic E-state index is -0.259. The molecule has 0 saturated carbocycles. The van der Waals surface area contributed by atoms with E-state index in [2.05, 4.69) is 37.9 Å². The average Bonchev–Trinajstić information content (AvgIpc) is 2.85. The van der Waals surface area contributed by atoms with Crippen LogP contribution in [0.4, 0.5) is 0 Å². The van der Waals surface area contributed by atoms with Crippen molar-refractivity contribution in [2.24, 2.45) is 5.92 Å². The highest BCUT2D eigenvalue weighted by molar-refractivity contribution is 5.86. The van der Waals surface area contributed by atoms with Crippen molar-refractivity contribution in [1.29, 1.82) is 0 Å². The summed E-state index contributed by atoms with van der Waals surface area (Å²) in [6.45, 7) is 12.0. The number of hydrogen-bond acceptors (Lipinski definition) is 3. The fraction of sp³-hybridized carbons (Fsp3) is 0.889. The molecule has 2 saturated heterocycles. The Bertz CT molecular complexity index is 444. The molecule has 2 rings (SSSR count). The normalized spacial score (nSPS) is 26.7. The van der Waals surface area contributed by atoms with E-state index < -0.39 is 0 Å². The van der Waals surface area contributed by atoms with Crippen LogP contribution in [-0.4, -0.2) is 52.5 Å². The van der Waals surface area contributed by atoms with Crippen LogP contribution in [0.25, 0.3) is 0 Å². The first-order valence-electron chi connectivity index (χ1n) is 9.28. The third-order valence-corrected chi connectivity index (χ3v) is 5.88. The maximum atomic E-state index is 13.0. The maximum absolute atomic E-state index is 13.0. The number of likely N-dealkylation sites (tertiary alicyclic amines) is 1. The molecule has 1 N–H and O–H groups in total. The van der Waals surface area contributed by atoms with Gasteiger partial charge in [-0.2, -0.15) is 0 Å². The van der Waals surface area contributed by atoms with Crippen molar-refractivity contribution in [3.63, 3.8) is 0 Å². The van der Waals surface area contributed by atoms with Crippen LogP contribution in [0.2, 0.25) is 0 Å². The Morgan fingerprint density at radius 1 is 1.22 bits per heavy atom. The van der Waals surface area contributed by atoms with Gasteiger partial charge in [0.25, 0.3) is 0 Å². The summed E-state index contributed by atoms with van der Waals surface area (Å²) in [5.74, 6) is 0.811. The Kier molecular flexibility index (Phi) is 5.71. The molecule has 0 aromatic heterocycles. The van der Waals surface area contributed by atoms with Crippen LogP contribution in [0.3, 0.4) is 0 Å². The lowest BCUT2D eigenvalue weighted by atomic mass is 9.93. The Labute approximate surface area is 140 Å². The first kappa shape index (κ1) is 18.2. The van der Waals surface area contributed by atoms with Crippen LogP contribution in [0.5, 0.6) is 0 Å². The third-order valence-electron chi connectivity index (χ3n) is 5.88. The van der Waals surface area contributed by atoms with Gasteiger partial charge in [0.05, 0.1) is 11.7 Å². The highest BCUT2D eigenvalue weighted by atomic mass is 16.2. The Morgan fingerprint density at radius 2 is 1.83 bits per heavy atom. The first-order chi connectivity index (χ1) is 10.9. The van der Waals surface area contributed by atoms with Crippen LogP contribution < -0.4 is 5.32 Å². The van der Waals surface area contributed by atoms with Crippen molar-refractivity contribution in [2.45, 2.75) is 84.5 Å². The summed E-state index contributed by atoms with van der Waals surface area (Å²) in [4.78, 5) is 29.0. The van der Waals surface area contributed by atoms with Crippen molar-refractivity contribution in [3.05, 3.63) is 0 Å². The molecule has 0 radical (unpaired) electrons. The lowest BCUT2D eigenvalue weighted by Gasteiger charge is -2.46. The fourth-order valence-corrected chi connectivity index (χ4v) is 3.96. The van der Waals surface area contributed by atoms with E-state index in [0.29, 0.717) is 12.3 Å². The van der Waals surface area contributed by atoms with E-state index in [4.69, 9.17) is 0 Å². The zero-order chi connectivity index (χ0) is 17.2. The minimum absolute atomic E-state index is 0.0811. The Hall–Kier alpha value is -1.10. The largest absolute Gasteiger partial charge is 0.342 e. The fourth-order valence-electron chi connectivity index (χ4n) is 3.96. The van der Waals surface area contributed by atoms with Crippen LogP contribution in [-0.2, 0) is 9.59 Å². The zero-order valence-electron chi connectivity index (χ0n) is 15.4. The molecule has 0 unspecified atom stereocenters. The van der Waals surface area contributed by atoms with Gasteiger partial charge in [-0.05, 0) is 19.3 Å². The number of rotatable bonds is 5. The first-order valence-corrected chi connectivity index (χ1v) is 9.28. The second-order valence-electron chi connectivity index (χ2n) is 7.24. The smallest absolute Gasteiger partial charge is 0.241 e. The topological polar surface area (TPSA) is 52.7 Å². The Balaban J connectivity index is 2.21. The van der Waals surface area contributed by atoms with Crippen LogP contribution in [0.1, 0.15) is 66.7 Å². The number of piperidine rings is 1. The van der Waals surface area contributed by atoms with Gasteiger partial charge in [-0.3, -0.25) is 14.9 Å². The van der Waals surface area contributed by atoms with Crippen molar-refractivity contribution < 1.29 is 9.59 Å². The molecule has 2 heterocycles. The maximum Gasteiger partial charge on any atom is 0.241 e. The van der Waals surface area contributed by atoms with Gasteiger partial charge in [0.2, 0.25) is 11.8 Å². The molecule has 2 fully saturated rings. The number of nitrogens with zero attached hydrogens (tertiary/aromatic N) is 2. The van der Waals surface area contributed by atoms with Gasteiger partial charge in [0.15, 0.2) is 0 Å². The molecule has 5 heteroatoms. The molecule has 0 aliphatic carbocycles. The van der Waals surface area contributed by atoms with E-state index in [-0.39, 0.29) is 29.6 Å². The van der Waals surface area contributed by atoms with Crippen molar-refractivity contribution in [3.8, 4) is 0 Å². The zero-order valence-corrected chi connectivity index (χ0v) is 15.4. The number of hydrogen-bond donors (Lipinski definition) is 1. The van der Waals surface area contributed by atoms with Crippen LogP contribution in [0.15, 0.2) is 0 Å². The summed E-state index contributed by atoms with van der Waals surface area (Å²) < 4.78 is 0. The molecule has 2 amide bonds. The second-order valence-corrected chi connectivity index (χ2v) is 7.24. The highest BCUT2D eigenvalue weighted by Gasteiger charge is 2.53. The number of amides is 2. The summed E-state index contributed by atoms with van der Waals surface area (Å²) in [6, 6.07) is 0.153. The molecular weight excluding hydrogens is 290 g/mol. The van der Waals surface area contributed by atoms with Gasteiger partial charge < -0.3 is 9.80 Å². The predicted molar refractivity (Wildman–Crippen MR) is 91.8 cm³/mol. The van der Waals surface area contributed by atoms with Crippen molar-refractivity contribution in [2.75, 3.05) is 13.1 Å². The molecule has 0 bridgehead atoms. The highest BCUT2D eigenvalue weighted by Crippen LogP contribution is 2.37. The van der Waals surface area contributed by atoms with Crippen molar-refractivity contribution >= 4 is 11.8 Å². The number of nitrogens with one attached hydrogen (secondary N) is 1. The molecule has 5 nitrogen and oxygen atoms in total. The van der Waals surface area contributed by atoms with Gasteiger partial charge in [-0.15, -0.1) is 0 Å². The van der Waals surface area contributed by atoms with E-state index in [1.165, 1.54) is 0 Å². The SMILES string of the molecule is CCC(=O)N1CCC2(CC1)N[C@@H]([C@H](C)CC)C(=O)N2[C@@H](C)CC. The quantitative estimate of drug-likeness (QED) is 0.845. The Morgan fingerprint density at radius 3 is 2.30 bits per heavy atom. The summed E-state index contributed by atoms with van der Waals surface area (Å²) in [6.07, 6.45) is 4.18. The molecule has 2 aliphatic rings. The molecular formula is C18H33N3O2. The molecule has 2 aliphatic heterocycles. The summed E-state index contributed by atoms with van der Waals surface area (Å²) in [5, 5.41) is 3.69. The van der Waals surface area contributed by atoms with Crippen molar-refractivity contribution in [1.82, 2.24) is 15.1 Å². The van der Waals surface area contributed by atoms with E-state index in [1.807, 2.05) is 11.8 Å². The summed E-state index contributed by atoms with van der Waals surface area (Å²) in [5.41, 5.74) is -0.259. The second kappa shape index (κ2) is 7.20. The van der Waals surface area contributed by atoms with Crippen LogP contribution >= 0.6 is 0 Å². The average molecular weight is 323 g/mol. The van der Waals surface area contributed by atoms with Gasteiger partial charge >= 0.3 is 0 Å². The van der Waals surface area contributed by atoms with Gasteiger partial charge in [-0.1, -0.05) is 34.1 Å². The molecule has 1 spiro atoms. The predicted octanol–water partition coefficient (Wildman–Crippen LogP) is 2.36. The number of carbonyl (C=O) groups excluding carboxylic acids is 2. The van der Waals surface area contributed by atoms with Gasteiger partial charge in [-0.25, -0.2) is 0 Å². The lowest BCUT2D eigenvalue weighted by molar-refractivity contribution is -0.139. The van der Waals surface area contributed by atoms with E-state index in [1.54, 1.807) is 0 Å². The third kappa shape index (κ3) is 3.25.